The topological polar surface area (TPSA) is 12.9 Å². The molecule has 15 heavy (non-hydrogen) atoms. The van der Waals surface area contributed by atoms with E-state index >= 15 is 0 Å². The summed E-state index contributed by atoms with van der Waals surface area (Å²) in [5.74, 6) is 0. The van der Waals surface area contributed by atoms with Crippen LogP contribution in [0.2, 0.25) is 5.02 Å². The first-order valence-electron chi connectivity index (χ1n) is 4.56. The van der Waals surface area contributed by atoms with Gasteiger partial charge in [-0.2, -0.15) is 0 Å². The molecule has 1 aromatic heterocycles. The highest BCUT2D eigenvalue weighted by Crippen LogP contribution is 2.34. The molecule has 1 heterocycles. The minimum atomic E-state index is 0.741. The van der Waals surface area contributed by atoms with E-state index in [1.807, 2.05) is 18.2 Å². The predicted molar refractivity (Wildman–Crippen MR) is 71.5 cm³/mol. The van der Waals surface area contributed by atoms with Gasteiger partial charge in [0.1, 0.15) is 0 Å². The van der Waals surface area contributed by atoms with Crippen molar-refractivity contribution in [3.05, 3.63) is 37.9 Å². The van der Waals surface area contributed by atoms with Crippen LogP contribution in [0, 0.1) is 0 Å². The summed E-state index contributed by atoms with van der Waals surface area (Å²) < 4.78 is 1.94. The van der Waals surface area contributed by atoms with Crippen molar-refractivity contribution in [2.75, 3.05) is 0 Å². The van der Waals surface area contributed by atoms with Crippen LogP contribution < -0.4 is 0 Å². The molecule has 2 aromatic rings. The van der Waals surface area contributed by atoms with Crippen LogP contribution in [-0.2, 0) is 6.42 Å². The number of hydrogen-bond acceptors (Lipinski definition) is 1. The molecule has 0 saturated heterocycles. The Morgan fingerprint density at radius 1 is 1.27 bits per heavy atom. The first-order chi connectivity index (χ1) is 7.13. The predicted octanol–water partition coefficient (Wildman–Crippen LogP) is 4.98. The highest BCUT2D eigenvalue weighted by molar-refractivity contribution is 9.11. The number of aryl methyl sites for hydroxylation is 1. The number of benzene rings is 1. The van der Waals surface area contributed by atoms with Gasteiger partial charge < -0.3 is 0 Å². The molecular formula is C11H8Br2ClN. The molecule has 1 nitrogen and oxygen atoms in total. The molecule has 4 heteroatoms. The van der Waals surface area contributed by atoms with Gasteiger partial charge in [0.25, 0.3) is 0 Å². The number of hydrogen-bond donors (Lipinski definition) is 0. The molecule has 0 N–H and O–H groups in total. The van der Waals surface area contributed by atoms with Crippen LogP contribution in [0.1, 0.15) is 12.6 Å². The standard InChI is InChI=1S/C11H8Br2ClN/c1-2-6-5-9(14)10-7(12)3-4-8(13)11(10)15-6/h3-5H,2H2,1H3. The van der Waals surface area contributed by atoms with Crippen molar-refractivity contribution >= 4 is 54.4 Å². The van der Waals surface area contributed by atoms with Gasteiger partial charge in [-0.15, -0.1) is 0 Å². The van der Waals surface area contributed by atoms with Crippen LogP contribution in [0.15, 0.2) is 27.1 Å². The van der Waals surface area contributed by atoms with Crippen molar-refractivity contribution in [1.29, 1.82) is 0 Å². The lowest BCUT2D eigenvalue weighted by molar-refractivity contribution is 1.06. The Balaban J connectivity index is 2.90. The van der Waals surface area contributed by atoms with Gasteiger partial charge in [0.15, 0.2) is 0 Å². The number of pyridine rings is 1. The Labute approximate surface area is 110 Å². The molecule has 0 aliphatic heterocycles. The summed E-state index contributed by atoms with van der Waals surface area (Å²) in [6, 6.07) is 5.85. The number of fused-ring (bicyclic) bond motifs is 1. The fourth-order valence-electron chi connectivity index (χ4n) is 1.45. The Hall–Kier alpha value is -0.120. The zero-order chi connectivity index (χ0) is 11.0. The van der Waals surface area contributed by atoms with Crippen LogP contribution in [0.3, 0.4) is 0 Å². The second kappa shape index (κ2) is 4.40. The van der Waals surface area contributed by atoms with Crippen molar-refractivity contribution in [2.45, 2.75) is 13.3 Å². The normalized spacial score (nSPS) is 10.9. The Morgan fingerprint density at radius 2 is 1.93 bits per heavy atom. The van der Waals surface area contributed by atoms with E-state index in [0.717, 1.165) is 37.0 Å². The average molecular weight is 349 g/mol. The van der Waals surface area contributed by atoms with E-state index in [-0.39, 0.29) is 0 Å². The molecule has 0 amide bonds. The van der Waals surface area contributed by atoms with Gasteiger partial charge in [-0.25, -0.2) is 0 Å². The molecule has 0 aliphatic carbocycles. The SMILES string of the molecule is CCc1cc(Cl)c2c(Br)ccc(Br)c2n1. The molecule has 0 fully saturated rings. The highest BCUT2D eigenvalue weighted by Gasteiger charge is 2.09. The van der Waals surface area contributed by atoms with Crippen LogP contribution in [0.4, 0.5) is 0 Å². The fourth-order valence-corrected chi connectivity index (χ4v) is 2.84. The molecule has 0 saturated carbocycles. The Bertz CT molecular complexity index is 525. The average Bonchev–Trinajstić information content (AvgIpc) is 2.23. The molecular weight excluding hydrogens is 341 g/mol. The van der Waals surface area contributed by atoms with E-state index < -0.39 is 0 Å². The van der Waals surface area contributed by atoms with Gasteiger partial charge >= 0.3 is 0 Å². The molecule has 0 bridgehead atoms. The second-order valence-electron chi connectivity index (χ2n) is 3.20. The van der Waals surface area contributed by atoms with Gasteiger partial charge in [0.2, 0.25) is 0 Å². The first-order valence-corrected chi connectivity index (χ1v) is 6.53. The molecule has 0 unspecified atom stereocenters. The van der Waals surface area contributed by atoms with Gasteiger partial charge in [-0.1, -0.05) is 34.5 Å². The maximum atomic E-state index is 6.23. The Kier molecular flexibility index (Phi) is 3.33. The van der Waals surface area contributed by atoms with E-state index in [9.17, 15) is 0 Å². The third-order valence-corrected chi connectivity index (χ3v) is 3.83. The summed E-state index contributed by atoms with van der Waals surface area (Å²) in [7, 11) is 0. The third-order valence-electron chi connectivity index (χ3n) is 2.23. The number of aromatic nitrogens is 1. The van der Waals surface area contributed by atoms with Crippen molar-refractivity contribution < 1.29 is 0 Å². The monoisotopic (exact) mass is 347 g/mol. The van der Waals surface area contributed by atoms with Gasteiger partial charge in [0.05, 0.1) is 10.5 Å². The van der Waals surface area contributed by atoms with Crippen LogP contribution in [0.5, 0.6) is 0 Å². The largest absolute Gasteiger partial charge is 0.252 e. The minimum Gasteiger partial charge on any atom is -0.252 e. The molecule has 2 rings (SSSR count). The zero-order valence-electron chi connectivity index (χ0n) is 8.02. The summed E-state index contributed by atoms with van der Waals surface area (Å²) in [6.07, 6.45) is 0.884. The fraction of sp³-hybridized carbons (Fsp3) is 0.182. The number of nitrogens with zero attached hydrogens (tertiary/aromatic N) is 1. The molecule has 0 radical (unpaired) electrons. The maximum Gasteiger partial charge on any atom is 0.0873 e. The van der Waals surface area contributed by atoms with Crippen molar-refractivity contribution in [3.63, 3.8) is 0 Å². The van der Waals surface area contributed by atoms with Crippen LogP contribution in [0.25, 0.3) is 10.9 Å². The summed E-state index contributed by atoms with van der Waals surface area (Å²) in [6.45, 7) is 2.07. The summed E-state index contributed by atoms with van der Waals surface area (Å²) in [5.41, 5.74) is 1.92. The highest BCUT2D eigenvalue weighted by atomic mass is 79.9. The molecule has 0 aliphatic rings. The molecule has 78 valence electrons. The lowest BCUT2D eigenvalue weighted by Crippen LogP contribution is -1.90. The van der Waals surface area contributed by atoms with E-state index in [4.69, 9.17) is 11.6 Å². The Morgan fingerprint density at radius 3 is 2.60 bits per heavy atom. The summed E-state index contributed by atoms with van der Waals surface area (Å²) >= 11 is 13.2. The van der Waals surface area contributed by atoms with Gasteiger partial charge in [-0.3, -0.25) is 4.98 Å². The smallest absolute Gasteiger partial charge is 0.0873 e. The lowest BCUT2D eigenvalue weighted by atomic mass is 10.2. The van der Waals surface area contributed by atoms with Crippen molar-refractivity contribution in [2.24, 2.45) is 0 Å². The lowest BCUT2D eigenvalue weighted by Gasteiger charge is -2.07. The van der Waals surface area contributed by atoms with Crippen molar-refractivity contribution in [1.82, 2.24) is 4.98 Å². The minimum absolute atomic E-state index is 0.741. The summed E-state index contributed by atoms with van der Waals surface area (Å²) in [5, 5.41) is 1.70. The van der Waals surface area contributed by atoms with Gasteiger partial charge in [0, 0.05) is 20.0 Å². The van der Waals surface area contributed by atoms with Gasteiger partial charge in [-0.05, 0) is 40.5 Å². The van der Waals surface area contributed by atoms with E-state index in [2.05, 4.69) is 43.8 Å². The van der Waals surface area contributed by atoms with E-state index in [1.165, 1.54) is 0 Å². The van der Waals surface area contributed by atoms with E-state index in [1.54, 1.807) is 0 Å². The third kappa shape index (κ3) is 2.05. The quantitative estimate of drug-likeness (QED) is 0.708. The number of rotatable bonds is 1. The maximum absolute atomic E-state index is 6.23. The van der Waals surface area contributed by atoms with Crippen LogP contribution in [-0.4, -0.2) is 4.98 Å². The van der Waals surface area contributed by atoms with Crippen LogP contribution >= 0.6 is 43.5 Å². The molecule has 0 atom stereocenters. The first kappa shape index (κ1) is 11.4. The zero-order valence-corrected chi connectivity index (χ0v) is 11.9. The molecule has 0 spiro atoms. The number of halogens is 3. The van der Waals surface area contributed by atoms with E-state index in [0.29, 0.717) is 0 Å². The molecule has 1 aromatic carbocycles. The van der Waals surface area contributed by atoms with Crippen molar-refractivity contribution in [3.8, 4) is 0 Å². The second-order valence-corrected chi connectivity index (χ2v) is 5.32. The summed E-state index contributed by atoms with van der Waals surface area (Å²) in [4.78, 5) is 4.55.